The predicted octanol–water partition coefficient (Wildman–Crippen LogP) is 0.224. The molecule has 0 atom stereocenters. The molecule has 11 heavy (non-hydrogen) atoms. The van der Waals surface area contributed by atoms with Gasteiger partial charge < -0.3 is 11.1 Å². The molecule has 0 amide bonds. The molecule has 0 aromatic heterocycles. The average molecular weight is 159 g/mol. The Hall–Kier alpha value is -0.120. The third-order valence-corrected chi connectivity index (χ3v) is 1.71. The molecule has 0 aliphatic heterocycles. The van der Waals surface area contributed by atoms with Crippen LogP contribution >= 0.6 is 0 Å². The Labute approximate surface area is 69.9 Å². The summed E-state index contributed by atoms with van der Waals surface area (Å²) in [6, 6.07) is 0. The SMILES string of the molecule is CCNCN(CC)CCCN. The molecule has 0 rings (SSSR count). The van der Waals surface area contributed by atoms with Gasteiger partial charge in [-0.05, 0) is 26.1 Å². The highest BCUT2D eigenvalue weighted by Crippen LogP contribution is 1.86. The van der Waals surface area contributed by atoms with Crippen molar-refractivity contribution in [3.8, 4) is 0 Å². The fraction of sp³-hybridized carbons (Fsp3) is 1.00. The molecule has 0 saturated heterocycles. The highest BCUT2D eigenvalue weighted by atomic mass is 15.2. The van der Waals surface area contributed by atoms with Gasteiger partial charge in [-0.2, -0.15) is 0 Å². The van der Waals surface area contributed by atoms with Crippen molar-refractivity contribution < 1.29 is 0 Å². The molecule has 3 heteroatoms. The summed E-state index contributed by atoms with van der Waals surface area (Å²) in [4.78, 5) is 2.36. The normalized spacial score (nSPS) is 10.9. The second-order valence-electron chi connectivity index (χ2n) is 2.61. The molecule has 0 aromatic carbocycles. The first-order valence-electron chi connectivity index (χ1n) is 4.48. The van der Waals surface area contributed by atoms with Crippen molar-refractivity contribution in [1.82, 2.24) is 10.2 Å². The lowest BCUT2D eigenvalue weighted by Crippen LogP contribution is -2.35. The van der Waals surface area contributed by atoms with Crippen molar-refractivity contribution >= 4 is 0 Å². The fourth-order valence-electron chi connectivity index (χ4n) is 0.934. The molecule has 0 heterocycles. The Balaban J connectivity index is 3.25. The summed E-state index contributed by atoms with van der Waals surface area (Å²) in [5.74, 6) is 0. The molecule has 3 N–H and O–H groups in total. The zero-order chi connectivity index (χ0) is 8.53. The van der Waals surface area contributed by atoms with Crippen LogP contribution in [-0.4, -0.2) is 37.7 Å². The zero-order valence-electron chi connectivity index (χ0n) is 7.77. The highest BCUT2D eigenvalue weighted by molar-refractivity contribution is 4.53. The van der Waals surface area contributed by atoms with Crippen LogP contribution in [0.25, 0.3) is 0 Å². The van der Waals surface area contributed by atoms with Crippen LogP contribution in [-0.2, 0) is 0 Å². The fourth-order valence-corrected chi connectivity index (χ4v) is 0.934. The maximum atomic E-state index is 5.41. The van der Waals surface area contributed by atoms with Crippen LogP contribution in [0.4, 0.5) is 0 Å². The van der Waals surface area contributed by atoms with Gasteiger partial charge in [0.2, 0.25) is 0 Å². The minimum atomic E-state index is 0.794. The molecule has 0 aromatic rings. The van der Waals surface area contributed by atoms with Gasteiger partial charge in [0.05, 0.1) is 0 Å². The number of nitrogens with zero attached hydrogens (tertiary/aromatic N) is 1. The molecule has 0 radical (unpaired) electrons. The van der Waals surface area contributed by atoms with Crippen molar-refractivity contribution in [3.05, 3.63) is 0 Å². The maximum Gasteiger partial charge on any atom is 0.0480 e. The van der Waals surface area contributed by atoms with E-state index in [4.69, 9.17) is 5.73 Å². The Morgan fingerprint density at radius 3 is 2.55 bits per heavy atom. The number of rotatable bonds is 7. The van der Waals surface area contributed by atoms with Crippen LogP contribution in [0.15, 0.2) is 0 Å². The summed E-state index contributed by atoms with van der Waals surface area (Å²) in [6.07, 6.45) is 1.10. The van der Waals surface area contributed by atoms with Crippen LogP contribution in [0.5, 0.6) is 0 Å². The molecule has 0 fully saturated rings. The first-order chi connectivity index (χ1) is 5.35. The van der Waals surface area contributed by atoms with Crippen LogP contribution in [0, 0.1) is 0 Å². The van der Waals surface area contributed by atoms with E-state index in [1.54, 1.807) is 0 Å². The van der Waals surface area contributed by atoms with E-state index in [1.165, 1.54) is 0 Å². The molecule has 0 bridgehead atoms. The number of hydrogen-bond acceptors (Lipinski definition) is 3. The third-order valence-electron chi connectivity index (χ3n) is 1.71. The smallest absolute Gasteiger partial charge is 0.0480 e. The second kappa shape index (κ2) is 7.98. The second-order valence-corrected chi connectivity index (χ2v) is 2.61. The minimum absolute atomic E-state index is 0.794. The molecular formula is C8H21N3. The summed E-state index contributed by atoms with van der Waals surface area (Å²) < 4.78 is 0. The molecule has 0 unspecified atom stereocenters. The monoisotopic (exact) mass is 159 g/mol. The molecule has 0 saturated carbocycles. The Morgan fingerprint density at radius 2 is 2.09 bits per heavy atom. The standard InChI is InChI=1S/C8H21N3/c1-3-10-8-11(4-2)7-5-6-9/h10H,3-9H2,1-2H3. The first kappa shape index (κ1) is 10.9. The van der Waals surface area contributed by atoms with E-state index < -0.39 is 0 Å². The quantitative estimate of drug-likeness (QED) is 0.522. The highest BCUT2D eigenvalue weighted by Gasteiger charge is 1.98. The van der Waals surface area contributed by atoms with Crippen LogP contribution in [0.2, 0.25) is 0 Å². The van der Waals surface area contributed by atoms with Crippen molar-refractivity contribution in [3.63, 3.8) is 0 Å². The maximum absolute atomic E-state index is 5.41. The number of nitrogens with one attached hydrogen (secondary N) is 1. The lowest BCUT2D eigenvalue weighted by molar-refractivity contribution is 0.266. The Kier molecular flexibility index (Phi) is 7.89. The van der Waals surface area contributed by atoms with Crippen molar-refractivity contribution in [2.24, 2.45) is 5.73 Å². The summed E-state index contributed by atoms with van der Waals surface area (Å²) in [6.45, 7) is 9.34. The van der Waals surface area contributed by atoms with E-state index in [1.807, 2.05) is 0 Å². The third kappa shape index (κ3) is 6.28. The van der Waals surface area contributed by atoms with Crippen molar-refractivity contribution in [1.29, 1.82) is 0 Å². The number of nitrogens with two attached hydrogens (primary N) is 1. The van der Waals surface area contributed by atoms with E-state index in [-0.39, 0.29) is 0 Å². The van der Waals surface area contributed by atoms with Gasteiger partial charge >= 0.3 is 0 Å². The van der Waals surface area contributed by atoms with Crippen LogP contribution < -0.4 is 11.1 Å². The lowest BCUT2D eigenvalue weighted by Gasteiger charge is -2.19. The van der Waals surface area contributed by atoms with Crippen molar-refractivity contribution in [2.75, 3.05) is 32.8 Å². The van der Waals surface area contributed by atoms with Gasteiger partial charge in [-0.3, -0.25) is 4.90 Å². The number of hydrogen-bond donors (Lipinski definition) is 2. The zero-order valence-corrected chi connectivity index (χ0v) is 7.77. The van der Waals surface area contributed by atoms with E-state index in [0.717, 1.165) is 39.3 Å². The predicted molar refractivity (Wildman–Crippen MR) is 49.5 cm³/mol. The molecular weight excluding hydrogens is 138 g/mol. The van der Waals surface area contributed by atoms with E-state index >= 15 is 0 Å². The first-order valence-corrected chi connectivity index (χ1v) is 4.48. The average Bonchev–Trinajstić information content (AvgIpc) is 2.05. The lowest BCUT2D eigenvalue weighted by atomic mass is 10.4. The Bertz CT molecular complexity index is 67.7. The molecule has 0 aliphatic rings. The summed E-state index contributed by atoms with van der Waals surface area (Å²) >= 11 is 0. The molecule has 0 aliphatic carbocycles. The topological polar surface area (TPSA) is 41.3 Å². The van der Waals surface area contributed by atoms with Crippen molar-refractivity contribution in [2.45, 2.75) is 20.3 Å². The molecule has 3 nitrogen and oxygen atoms in total. The summed E-state index contributed by atoms with van der Waals surface area (Å²) in [7, 11) is 0. The summed E-state index contributed by atoms with van der Waals surface area (Å²) in [5, 5.41) is 3.29. The molecule has 0 spiro atoms. The summed E-state index contributed by atoms with van der Waals surface area (Å²) in [5.41, 5.74) is 5.41. The largest absolute Gasteiger partial charge is 0.330 e. The Morgan fingerprint density at radius 1 is 1.36 bits per heavy atom. The van der Waals surface area contributed by atoms with Gasteiger partial charge in [-0.15, -0.1) is 0 Å². The van der Waals surface area contributed by atoms with Gasteiger partial charge in [-0.1, -0.05) is 13.8 Å². The van der Waals surface area contributed by atoms with Gasteiger partial charge in [-0.25, -0.2) is 0 Å². The van der Waals surface area contributed by atoms with Gasteiger partial charge in [0, 0.05) is 13.2 Å². The van der Waals surface area contributed by atoms with Crippen LogP contribution in [0.1, 0.15) is 20.3 Å². The van der Waals surface area contributed by atoms with E-state index in [2.05, 4.69) is 24.1 Å². The molecule has 68 valence electrons. The minimum Gasteiger partial charge on any atom is -0.330 e. The van der Waals surface area contributed by atoms with Gasteiger partial charge in [0.1, 0.15) is 0 Å². The van der Waals surface area contributed by atoms with Gasteiger partial charge in [0.25, 0.3) is 0 Å². The van der Waals surface area contributed by atoms with Crippen LogP contribution in [0.3, 0.4) is 0 Å². The van der Waals surface area contributed by atoms with E-state index in [0.29, 0.717) is 0 Å². The van der Waals surface area contributed by atoms with E-state index in [9.17, 15) is 0 Å². The van der Waals surface area contributed by atoms with Gasteiger partial charge in [0.15, 0.2) is 0 Å².